The summed E-state index contributed by atoms with van der Waals surface area (Å²) in [6, 6.07) is 4.81. The van der Waals surface area contributed by atoms with Crippen LogP contribution in [0.1, 0.15) is 25.7 Å². The van der Waals surface area contributed by atoms with Gasteiger partial charge >= 0.3 is 0 Å². The summed E-state index contributed by atoms with van der Waals surface area (Å²) in [5.74, 6) is 0.738. The van der Waals surface area contributed by atoms with Crippen LogP contribution in [0.5, 0.6) is 11.5 Å². The zero-order chi connectivity index (χ0) is 11.8. The molecule has 2 N–H and O–H groups in total. The Bertz CT molecular complexity index is 315. The van der Waals surface area contributed by atoms with Crippen LogP contribution in [0.25, 0.3) is 0 Å². The monoisotopic (exact) mass is 244 g/mol. The third-order valence-corrected chi connectivity index (χ3v) is 2.54. The van der Waals surface area contributed by atoms with Gasteiger partial charge in [-0.1, -0.05) is 18.0 Å². The van der Waals surface area contributed by atoms with Crippen LogP contribution >= 0.6 is 11.6 Å². The van der Waals surface area contributed by atoms with Gasteiger partial charge in [-0.15, -0.1) is 0 Å². The van der Waals surface area contributed by atoms with E-state index >= 15 is 0 Å². The zero-order valence-corrected chi connectivity index (χ0v) is 9.91. The first-order chi connectivity index (χ1) is 7.74. The number of phenols is 1. The number of rotatable bonds is 7. The van der Waals surface area contributed by atoms with Crippen LogP contribution in [0.2, 0.25) is 5.02 Å². The Hall–Kier alpha value is -0.930. The summed E-state index contributed by atoms with van der Waals surface area (Å²) in [5.41, 5.74) is 0. The SMILES string of the molecule is OCCCCCCOc1ccc(O)c(Cl)c1. The van der Waals surface area contributed by atoms with Crippen LogP contribution in [0, 0.1) is 0 Å². The Balaban J connectivity index is 2.19. The van der Waals surface area contributed by atoms with Crippen LogP contribution in [0.4, 0.5) is 0 Å². The number of benzene rings is 1. The number of unbranched alkanes of at least 4 members (excludes halogenated alkanes) is 3. The predicted octanol–water partition coefficient (Wildman–Crippen LogP) is 2.98. The molecule has 0 unspecified atom stereocenters. The predicted molar refractivity (Wildman–Crippen MR) is 64.2 cm³/mol. The first kappa shape index (κ1) is 13.1. The lowest BCUT2D eigenvalue weighted by molar-refractivity contribution is 0.273. The molecule has 1 rings (SSSR count). The number of phenolic OH excluding ortho intramolecular Hbond substituents is 1. The van der Waals surface area contributed by atoms with Crippen molar-refractivity contribution in [3.63, 3.8) is 0 Å². The molecule has 0 aliphatic rings. The van der Waals surface area contributed by atoms with Gasteiger partial charge in [0.15, 0.2) is 0 Å². The molecular formula is C12H17ClO3. The number of ether oxygens (including phenoxy) is 1. The number of halogens is 1. The smallest absolute Gasteiger partial charge is 0.134 e. The van der Waals surface area contributed by atoms with Crippen molar-refractivity contribution in [1.29, 1.82) is 0 Å². The topological polar surface area (TPSA) is 49.7 Å². The number of hydrogen-bond acceptors (Lipinski definition) is 3. The average Bonchev–Trinajstić information content (AvgIpc) is 2.28. The molecule has 90 valence electrons. The van der Waals surface area contributed by atoms with Crippen molar-refractivity contribution in [3.8, 4) is 11.5 Å². The molecule has 0 spiro atoms. The van der Waals surface area contributed by atoms with E-state index in [1.54, 1.807) is 12.1 Å². The van der Waals surface area contributed by atoms with E-state index in [1.807, 2.05) is 0 Å². The minimum Gasteiger partial charge on any atom is -0.506 e. The van der Waals surface area contributed by atoms with Crippen LogP contribution < -0.4 is 4.74 Å². The van der Waals surface area contributed by atoms with Gasteiger partial charge < -0.3 is 14.9 Å². The van der Waals surface area contributed by atoms with Crippen molar-refractivity contribution in [1.82, 2.24) is 0 Å². The van der Waals surface area contributed by atoms with Gasteiger partial charge in [-0.2, -0.15) is 0 Å². The fourth-order valence-electron chi connectivity index (χ4n) is 1.33. The Morgan fingerprint density at radius 3 is 2.56 bits per heavy atom. The van der Waals surface area contributed by atoms with E-state index in [9.17, 15) is 5.11 Å². The van der Waals surface area contributed by atoms with Gasteiger partial charge in [0.05, 0.1) is 11.6 Å². The van der Waals surface area contributed by atoms with Gasteiger partial charge in [-0.3, -0.25) is 0 Å². The van der Waals surface area contributed by atoms with Crippen molar-refractivity contribution < 1.29 is 14.9 Å². The lowest BCUT2D eigenvalue weighted by atomic mass is 10.2. The number of hydrogen-bond donors (Lipinski definition) is 2. The standard InChI is InChI=1S/C12H17ClO3/c13-11-9-10(5-6-12(11)15)16-8-4-2-1-3-7-14/h5-6,9,14-15H,1-4,7-8H2. The van der Waals surface area contributed by atoms with Gasteiger partial charge in [0.1, 0.15) is 11.5 Å². The molecule has 16 heavy (non-hydrogen) atoms. The molecule has 0 aromatic heterocycles. The van der Waals surface area contributed by atoms with Gasteiger partial charge in [-0.25, -0.2) is 0 Å². The van der Waals surface area contributed by atoms with Gasteiger partial charge in [0, 0.05) is 12.7 Å². The maximum absolute atomic E-state index is 9.20. The summed E-state index contributed by atoms with van der Waals surface area (Å²) < 4.78 is 5.46. The van der Waals surface area contributed by atoms with Crippen LogP contribution in [0.3, 0.4) is 0 Å². The fraction of sp³-hybridized carbons (Fsp3) is 0.500. The van der Waals surface area contributed by atoms with E-state index in [0.717, 1.165) is 25.7 Å². The lowest BCUT2D eigenvalue weighted by Crippen LogP contribution is -1.97. The third-order valence-electron chi connectivity index (χ3n) is 2.24. The number of aliphatic hydroxyl groups is 1. The summed E-state index contributed by atoms with van der Waals surface area (Å²) in [6.07, 6.45) is 3.88. The molecule has 0 saturated heterocycles. The van der Waals surface area contributed by atoms with Crippen LogP contribution in [-0.4, -0.2) is 23.4 Å². The Morgan fingerprint density at radius 2 is 1.88 bits per heavy atom. The summed E-state index contributed by atoms with van der Waals surface area (Å²) in [4.78, 5) is 0. The Labute approximate surface area is 101 Å². The summed E-state index contributed by atoms with van der Waals surface area (Å²) >= 11 is 5.74. The first-order valence-corrected chi connectivity index (χ1v) is 5.84. The van der Waals surface area contributed by atoms with Crippen molar-refractivity contribution in [2.45, 2.75) is 25.7 Å². The molecular weight excluding hydrogens is 228 g/mol. The van der Waals surface area contributed by atoms with Gasteiger partial charge in [-0.05, 0) is 31.4 Å². The van der Waals surface area contributed by atoms with Crippen molar-refractivity contribution >= 4 is 11.6 Å². The largest absolute Gasteiger partial charge is 0.506 e. The molecule has 0 radical (unpaired) electrons. The van der Waals surface area contributed by atoms with Crippen LogP contribution in [0.15, 0.2) is 18.2 Å². The highest BCUT2D eigenvalue weighted by Crippen LogP contribution is 2.27. The molecule has 0 atom stereocenters. The average molecular weight is 245 g/mol. The maximum Gasteiger partial charge on any atom is 0.134 e. The highest BCUT2D eigenvalue weighted by Gasteiger charge is 2.00. The molecule has 0 saturated carbocycles. The second kappa shape index (κ2) is 7.36. The van der Waals surface area contributed by atoms with E-state index in [2.05, 4.69) is 0 Å². The maximum atomic E-state index is 9.20. The summed E-state index contributed by atoms with van der Waals surface area (Å²) in [6.45, 7) is 0.890. The molecule has 0 amide bonds. The lowest BCUT2D eigenvalue weighted by Gasteiger charge is -2.06. The third kappa shape index (κ3) is 4.73. The molecule has 1 aromatic rings. The highest BCUT2D eigenvalue weighted by molar-refractivity contribution is 6.32. The quantitative estimate of drug-likeness (QED) is 0.725. The summed E-state index contributed by atoms with van der Waals surface area (Å²) in [5, 5.41) is 18.1. The molecule has 0 fully saturated rings. The van der Waals surface area contributed by atoms with Gasteiger partial charge in [0.25, 0.3) is 0 Å². The van der Waals surface area contributed by atoms with E-state index in [0.29, 0.717) is 17.4 Å². The Kier molecular flexibility index (Phi) is 6.04. The van der Waals surface area contributed by atoms with Crippen molar-refractivity contribution in [2.24, 2.45) is 0 Å². The molecule has 0 heterocycles. The van der Waals surface area contributed by atoms with Crippen molar-refractivity contribution in [2.75, 3.05) is 13.2 Å². The number of aliphatic hydroxyl groups excluding tert-OH is 1. The minimum absolute atomic E-state index is 0.0666. The second-order valence-electron chi connectivity index (χ2n) is 3.60. The normalized spacial score (nSPS) is 10.4. The molecule has 0 bridgehead atoms. The number of aromatic hydroxyl groups is 1. The van der Waals surface area contributed by atoms with Crippen molar-refractivity contribution in [3.05, 3.63) is 23.2 Å². The fourth-order valence-corrected chi connectivity index (χ4v) is 1.51. The molecule has 0 aliphatic carbocycles. The molecule has 3 nitrogen and oxygen atoms in total. The van der Waals surface area contributed by atoms with E-state index in [-0.39, 0.29) is 12.4 Å². The van der Waals surface area contributed by atoms with Crippen LogP contribution in [-0.2, 0) is 0 Å². The molecule has 0 aliphatic heterocycles. The molecule has 1 aromatic carbocycles. The first-order valence-electron chi connectivity index (χ1n) is 5.46. The van der Waals surface area contributed by atoms with E-state index in [4.69, 9.17) is 21.4 Å². The minimum atomic E-state index is 0.0666. The summed E-state index contributed by atoms with van der Waals surface area (Å²) in [7, 11) is 0. The highest BCUT2D eigenvalue weighted by atomic mass is 35.5. The molecule has 4 heteroatoms. The Morgan fingerprint density at radius 1 is 1.12 bits per heavy atom. The second-order valence-corrected chi connectivity index (χ2v) is 4.01. The van der Waals surface area contributed by atoms with Gasteiger partial charge in [0.2, 0.25) is 0 Å². The zero-order valence-electron chi connectivity index (χ0n) is 9.16. The van der Waals surface area contributed by atoms with E-state index < -0.39 is 0 Å². The van der Waals surface area contributed by atoms with E-state index in [1.165, 1.54) is 6.07 Å².